The van der Waals surface area contributed by atoms with Crippen molar-refractivity contribution in [2.24, 2.45) is 0 Å². The fourth-order valence-electron chi connectivity index (χ4n) is 3.19. The van der Waals surface area contributed by atoms with Gasteiger partial charge in [0.25, 0.3) is 0 Å². The van der Waals surface area contributed by atoms with Crippen LogP contribution in [0.2, 0.25) is 0 Å². The molecule has 1 fully saturated rings. The second-order valence-corrected chi connectivity index (χ2v) is 6.65. The molecule has 3 rings (SSSR count). The Morgan fingerprint density at radius 1 is 1.25 bits per heavy atom. The quantitative estimate of drug-likeness (QED) is 0.786. The molecule has 8 heteroatoms. The summed E-state index contributed by atoms with van der Waals surface area (Å²) in [5.41, 5.74) is 1.70. The predicted octanol–water partition coefficient (Wildman–Crippen LogP) is 3.57. The Labute approximate surface area is 165 Å². The lowest BCUT2D eigenvalue weighted by atomic mass is 10.1. The number of rotatable bonds is 6. The number of amides is 1. The standard InChI is InChI=1S/C20H27N5O3/c1-4-28-20(26)25-11-9-15(10-12-25)22-19-21-14(2)13-18(24-19)23-16-7-5-6-8-17(16)27-3/h5-8,13,15H,4,9-12H2,1-3H3,(H2,21,22,23,24). The van der Waals surface area contributed by atoms with E-state index < -0.39 is 0 Å². The largest absolute Gasteiger partial charge is 0.495 e. The number of carbonyl (C=O) groups excluding carboxylic acids is 1. The molecule has 1 amide bonds. The van der Waals surface area contributed by atoms with Crippen molar-refractivity contribution < 1.29 is 14.3 Å². The zero-order chi connectivity index (χ0) is 19.9. The summed E-state index contributed by atoms with van der Waals surface area (Å²) < 4.78 is 10.4. The monoisotopic (exact) mass is 385 g/mol. The second kappa shape index (κ2) is 9.25. The number of methoxy groups -OCH3 is 1. The zero-order valence-electron chi connectivity index (χ0n) is 16.6. The molecule has 150 valence electrons. The maximum Gasteiger partial charge on any atom is 0.409 e. The molecule has 28 heavy (non-hydrogen) atoms. The summed E-state index contributed by atoms with van der Waals surface area (Å²) in [5.74, 6) is 2.02. The summed E-state index contributed by atoms with van der Waals surface area (Å²) in [7, 11) is 1.64. The van der Waals surface area contributed by atoms with E-state index in [1.54, 1.807) is 12.0 Å². The molecule has 2 heterocycles. The van der Waals surface area contributed by atoms with Gasteiger partial charge in [-0.25, -0.2) is 9.78 Å². The Kier molecular flexibility index (Phi) is 6.52. The molecule has 8 nitrogen and oxygen atoms in total. The van der Waals surface area contributed by atoms with Crippen LogP contribution in [-0.4, -0.2) is 53.8 Å². The Hall–Kier alpha value is -3.03. The van der Waals surface area contributed by atoms with Crippen LogP contribution in [-0.2, 0) is 4.74 Å². The van der Waals surface area contributed by atoms with E-state index in [1.165, 1.54) is 0 Å². The molecule has 0 atom stereocenters. The van der Waals surface area contributed by atoms with Gasteiger partial charge in [0.05, 0.1) is 19.4 Å². The van der Waals surface area contributed by atoms with E-state index in [-0.39, 0.29) is 12.1 Å². The van der Waals surface area contributed by atoms with Gasteiger partial charge in [0.15, 0.2) is 0 Å². The summed E-state index contributed by atoms with van der Waals surface area (Å²) in [6.07, 6.45) is 1.41. The highest BCUT2D eigenvalue weighted by molar-refractivity contribution is 5.67. The Morgan fingerprint density at radius 2 is 2.00 bits per heavy atom. The van der Waals surface area contributed by atoms with Crippen LogP contribution in [0.25, 0.3) is 0 Å². The average molecular weight is 385 g/mol. The minimum Gasteiger partial charge on any atom is -0.495 e. The van der Waals surface area contributed by atoms with E-state index in [4.69, 9.17) is 9.47 Å². The van der Waals surface area contributed by atoms with E-state index >= 15 is 0 Å². The number of ether oxygens (including phenoxy) is 2. The summed E-state index contributed by atoms with van der Waals surface area (Å²) in [5, 5.41) is 6.69. The van der Waals surface area contributed by atoms with Gasteiger partial charge in [0.2, 0.25) is 5.95 Å². The van der Waals surface area contributed by atoms with E-state index in [0.717, 1.165) is 30.0 Å². The van der Waals surface area contributed by atoms with E-state index in [0.29, 0.717) is 31.5 Å². The first-order chi connectivity index (χ1) is 13.6. The van der Waals surface area contributed by atoms with Gasteiger partial charge in [-0.3, -0.25) is 0 Å². The zero-order valence-corrected chi connectivity index (χ0v) is 16.6. The molecule has 2 N–H and O–H groups in total. The Morgan fingerprint density at radius 3 is 2.71 bits per heavy atom. The number of hydrogen-bond acceptors (Lipinski definition) is 7. The Bertz CT molecular complexity index is 806. The molecule has 0 unspecified atom stereocenters. The third kappa shape index (κ3) is 5.03. The first-order valence-electron chi connectivity index (χ1n) is 9.53. The van der Waals surface area contributed by atoms with E-state index in [2.05, 4.69) is 20.6 Å². The number of nitrogens with zero attached hydrogens (tertiary/aromatic N) is 3. The number of carbonyl (C=O) groups is 1. The van der Waals surface area contributed by atoms with Crippen LogP contribution in [0.5, 0.6) is 5.75 Å². The van der Waals surface area contributed by atoms with Crippen LogP contribution in [0, 0.1) is 6.92 Å². The highest BCUT2D eigenvalue weighted by Crippen LogP contribution is 2.27. The van der Waals surface area contributed by atoms with Crippen molar-refractivity contribution in [2.45, 2.75) is 32.7 Å². The topological polar surface area (TPSA) is 88.6 Å². The summed E-state index contributed by atoms with van der Waals surface area (Å²) in [6.45, 7) is 5.47. The summed E-state index contributed by atoms with van der Waals surface area (Å²) >= 11 is 0. The maximum absolute atomic E-state index is 11.8. The van der Waals surface area contributed by atoms with Gasteiger partial charge >= 0.3 is 6.09 Å². The number of aromatic nitrogens is 2. The van der Waals surface area contributed by atoms with Crippen LogP contribution in [0.15, 0.2) is 30.3 Å². The molecule has 0 saturated carbocycles. The van der Waals surface area contributed by atoms with E-state index in [1.807, 2.05) is 44.2 Å². The van der Waals surface area contributed by atoms with Gasteiger partial charge < -0.3 is 25.0 Å². The number of nitrogens with one attached hydrogen (secondary N) is 2. The smallest absolute Gasteiger partial charge is 0.409 e. The lowest BCUT2D eigenvalue weighted by Crippen LogP contribution is -2.42. The third-order valence-electron chi connectivity index (χ3n) is 4.58. The molecular formula is C20H27N5O3. The number of anilines is 3. The van der Waals surface area contributed by atoms with Crippen molar-refractivity contribution in [3.05, 3.63) is 36.0 Å². The number of para-hydroxylation sites is 2. The van der Waals surface area contributed by atoms with Gasteiger partial charge in [-0.1, -0.05) is 12.1 Å². The van der Waals surface area contributed by atoms with Crippen LogP contribution in [0.3, 0.4) is 0 Å². The minimum absolute atomic E-state index is 0.214. The van der Waals surface area contributed by atoms with Gasteiger partial charge in [-0.15, -0.1) is 0 Å². The summed E-state index contributed by atoms with van der Waals surface area (Å²) in [4.78, 5) is 22.6. The molecule has 0 bridgehead atoms. The van der Waals surface area contributed by atoms with Crippen molar-refractivity contribution in [2.75, 3.05) is 37.4 Å². The molecular weight excluding hydrogens is 358 g/mol. The van der Waals surface area contributed by atoms with Gasteiger partial charge in [-0.05, 0) is 38.8 Å². The highest BCUT2D eigenvalue weighted by Gasteiger charge is 2.24. The second-order valence-electron chi connectivity index (χ2n) is 6.65. The fraction of sp³-hybridized carbons (Fsp3) is 0.450. The first kappa shape index (κ1) is 19.7. The molecule has 2 aromatic rings. The summed E-state index contributed by atoms with van der Waals surface area (Å²) in [6, 6.07) is 9.80. The van der Waals surface area contributed by atoms with Crippen LogP contribution in [0.1, 0.15) is 25.5 Å². The molecule has 0 spiro atoms. The first-order valence-corrected chi connectivity index (χ1v) is 9.53. The fourth-order valence-corrected chi connectivity index (χ4v) is 3.19. The van der Waals surface area contributed by atoms with Crippen molar-refractivity contribution in [1.29, 1.82) is 0 Å². The van der Waals surface area contributed by atoms with Gasteiger partial charge in [0, 0.05) is 30.9 Å². The van der Waals surface area contributed by atoms with Crippen LogP contribution < -0.4 is 15.4 Å². The molecule has 1 aliphatic rings. The highest BCUT2D eigenvalue weighted by atomic mass is 16.6. The van der Waals surface area contributed by atoms with E-state index in [9.17, 15) is 4.79 Å². The molecule has 1 aromatic heterocycles. The SMILES string of the molecule is CCOC(=O)N1CCC(Nc2nc(C)cc(Nc3ccccc3OC)n2)CC1. The number of piperidine rings is 1. The predicted molar refractivity (Wildman–Crippen MR) is 108 cm³/mol. The van der Waals surface area contributed by atoms with Crippen molar-refractivity contribution in [3.8, 4) is 5.75 Å². The number of hydrogen-bond donors (Lipinski definition) is 2. The molecule has 0 radical (unpaired) electrons. The lowest BCUT2D eigenvalue weighted by Gasteiger charge is -2.31. The maximum atomic E-state index is 11.8. The van der Waals surface area contributed by atoms with Crippen LogP contribution in [0.4, 0.5) is 22.2 Å². The Balaban J connectivity index is 1.63. The number of benzene rings is 1. The van der Waals surface area contributed by atoms with Gasteiger partial charge in [-0.2, -0.15) is 4.98 Å². The number of likely N-dealkylation sites (tertiary alicyclic amines) is 1. The average Bonchev–Trinajstić information content (AvgIpc) is 2.69. The van der Waals surface area contributed by atoms with Crippen molar-refractivity contribution in [3.63, 3.8) is 0 Å². The number of aryl methyl sites for hydroxylation is 1. The van der Waals surface area contributed by atoms with Crippen molar-refractivity contribution >= 4 is 23.5 Å². The molecule has 1 aliphatic heterocycles. The van der Waals surface area contributed by atoms with Crippen LogP contribution >= 0.6 is 0 Å². The lowest BCUT2D eigenvalue weighted by molar-refractivity contribution is 0.0983. The van der Waals surface area contributed by atoms with Gasteiger partial charge in [0.1, 0.15) is 11.6 Å². The molecule has 0 aliphatic carbocycles. The molecule has 1 aromatic carbocycles. The molecule has 1 saturated heterocycles. The third-order valence-corrected chi connectivity index (χ3v) is 4.58. The minimum atomic E-state index is -0.240. The normalized spacial score (nSPS) is 14.5. The van der Waals surface area contributed by atoms with Crippen molar-refractivity contribution in [1.82, 2.24) is 14.9 Å².